The van der Waals surface area contributed by atoms with Gasteiger partial charge in [-0.1, -0.05) is 6.07 Å². The third-order valence-electron chi connectivity index (χ3n) is 3.73. The predicted octanol–water partition coefficient (Wildman–Crippen LogP) is 2.23. The molecule has 0 atom stereocenters. The molecule has 1 aromatic carbocycles. The lowest BCUT2D eigenvalue weighted by molar-refractivity contribution is 0.0526. The van der Waals surface area contributed by atoms with Crippen molar-refractivity contribution in [2.75, 3.05) is 13.4 Å². The highest BCUT2D eigenvalue weighted by molar-refractivity contribution is 5.98. The van der Waals surface area contributed by atoms with Gasteiger partial charge in [-0.05, 0) is 37.6 Å². The van der Waals surface area contributed by atoms with E-state index < -0.39 is 5.97 Å². The average Bonchev–Trinajstić information content (AvgIpc) is 3.08. The number of aryl methyl sites for hydroxylation is 1. The van der Waals surface area contributed by atoms with Gasteiger partial charge in [0.2, 0.25) is 6.79 Å². The molecule has 1 aromatic heterocycles. The number of hydrogen-bond acceptors (Lipinski definition) is 6. The smallest absolute Gasteiger partial charge is 0.339 e. The molecule has 0 aliphatic carbocycles. The Bertz CT molecular complexity index is 819. The van der Waals surface area contributed by atoms with Gasteiger partial charge in [0.15, 0.2) is 11.5 Å². The molecule has 3 rings (SSSR count). The number of amides is 1. The van der Waals surface area contributed by atoms with Gasteiger partial charge in [0.1, 0.15) is 0 Å². The molecule has 0 saturated carbocycles. The Morgan fingerprint density at radius 3 is 2.84 bits per heavy atom. The number of pyridine rings is 1. The summed E-state index contributed by atoms with van der Waals surface area (Å²) in [5.41, 5.74) is 2.01. The topological polar surface area (TPSA) is 86.8 Å². The van der Waals surface area contributed by atoms with Crippen LogP contribution in [0.2, 0.25) is 0 Å². The maximum absolute atomic E-state index is 12.4. The Morgan fingerprint density at radius 2 is 2.04 bits per heavy atom. The van der Waals surface area contributed by atoms with Crippen LogP contribution in [-0.4, -0.2) is 30.3 Å². The second-order valence-corrected chi connectivity index (χ2v) is 5.45. The monoisotopic (exact) mass is 342 g/mol. The second-order valence-electron chi connectivity index (χ2n) is 5.45. The van der Waals surface area contributed by atoms with E-state index in [0.29, 0.717) is 29.3 Å². The molecule has 1 amide bonds. The summed E-state index contributed by atoms with van der Waals surface area (Å²) in [6, 6.07) is 6.98. The summed E-state index contributed by atoms with van der Waals surface area (Å²) < 4.78 is 15.5. The minimum Gasteiger partial charge on any atom is -0.462 e. The van der Waals surface area contributed by atoms with Crippen molar-refractivity contribution in [3.63, 3.8) is 0 Å². The Balaban J connectivity index is 1.70. The van der Waals surface area contributed by atoms with Gasteiger partial charge >= 0.3 is 5.97 Å². The van der Waals surface area contributed by atoms with E-state index in [0.717, 1.165) is 5.56 Å². The summed E-state index contributed by atoms with van der Waals surface area (Å²) in [7, 11) is 0. The van der Waals surface area contributed by atoms with Crippen molar-refractivity contribution in [1.29, 1.82) is 0 Å². The van der Waals surface area contributed by atoms with Crippen LogP contribution in [0.4, 0.5) is 0 Å². The molecule has 2 aromatic rings. The molecule has 0 saturated heterocycles. The Labute approximate surface area is 144 Å². The van der Waals surface area contributed by atoms with E-state index in [1.54, 1.807) is 19.9 Å². The van der Waals surface area contributed by atoms with E-state index in [9.17, 15) is 9.59 Å². The predicted molar refractivity (Wildman–Crippen MR) is 88.7 cm³/mol. The Morgan fingerprint density at radius 1 is 1.24 bits per heavy atom. The van der Waals surface area contributed by atoms with E-state index in [1.807, 2.05) is 12.1 Å². The van der Waals surface area contributed by atoms with Crippen LogP contribution in [0, 0.1) is 6.92 Å². The number of ether oxygens (including phenoxy) is 3. The number of carbonyl (C=O) groups excluding carboxylic acids is 2. The number of esters is 1. The van der Waals surface area contributed by atoms with Crippen LogP contribution in [0.1, 0.15) is 38.9 Å². The lowest BCUT2D eigenvalue weighted by atomic mass is 10.1. The van der Waals surface area contributed by atoms with Crippen molar-refractivity contribution in [3.05, 3.63) is 52.8 Å². The molecule has 0 spiro atoms. The summed E-state index contributed by atoms with van der Waals surface area (Å²) in [5, 5.41) is 2.82. The summed E-state index contributed by atoms with van der Waals surface area (Å²) in [6.07, 6.45) is 1.40. The van der Waals surface area contributed by atoms with Crippen LogP contribution >= 0.6 is 0 Å². The minimum absolute atomic E-state index is 0.205. The molecule has 130 valence electrons. The standard InChI is InChI=1S/C18H18N2O5/c1-3-23-18(22)13-7-14(11(2)19-9-13)17(21)20-8-12-4-5-15-16(6-12)25-10-24-15/h4-7,9H,3,8,10H2,1-2H3,(H,20,21). The number of carbonyl (C=O) groups is 2. The van der Waals surface area contributed by atoms with E-state index >= 15 is 0 Å². The second kappa shape index (κ2) is 7.21. The molecule has 7 nitrogen and oxygen atoms in total. The highest BCUT2D eigenvalue weighted by Gasteiger charge is 2.16. The van der Waals surface area contributed by atoms with Gasteiger partial charge in [0.05, 0.1) is 23.4 Å². The van der Waals surface area contributed by atoms with Gasteiger partial charge in [-0.3, -0.25) is 9.78 Å². The molecular weight excluding hydrogens is 324 g/mol. The number of nitrogens with one attached hydrogen (secondary N) is 1. The molecule has 1 aliphatic rings. The van der Waals surface area contributed by atoms with Crippen LogP contribution in [0.15, 0.2) is 30.5 Å². The van der Waals surface area contributed by atoms with Crippen LogP contribution in [-0.2, 0) is 11.3 Å². The number of hydrogen-bond donors (Lipinski definition) is 1. The number of nitrogens with zero attached hydrogens (tertiary/aromatic N) is 1. The lowest BCUT2D eigenvalue weighted by Crippen LogP contribution is -2.24. The van der Waals surface area contributed by atoms with E-state index in [4.69, 9.17) is 14.2 Å². The van der Waals surface area contributed by atoms with Gasteiger partial charge in [-0.2, -0.15) is 0 Å². The summed E-state index contributed by atoms with van der Waals surface area (Å²) in [6.45, 7) is 4.22. The fourth-order valence-electron chi connectivity index (χ4n) is 2.42. The van der Waals surface area contributed by atoms with Crippen LogP contribution < -0.4 is 14.8 Å². The zero-order valence-electron chi connectivity index (χ0n) is 14.0. The quantitative estimate of drug-likeness (QED) is 0.839. The molecule has 1 N–H and O–H groups in total. The van der Waals surface area contributed by atoms with Gasteiger partial charge in [0, 0.05) is 12.7 Å². The third-order valence-corrected chi connectivity index (χ3v) is 3.73. The number of benzene rings is 1. The molecular formula is C18H18N2O5. The average molecular weight is 342 g/mol. The zero-order valence-corrected chi connectivity index (χ0v) is 14.0. The fourth-order valence-corrected chi connectivity index (χ4v) is 2.42. The van der Waals surface area contributed by atoms with Gasteiger partial charge in [-0.25, -0.2) is 4.79 Å². The SMILES string of the molecule is CCOC(=O)c1cnc(C)c(C(=O)NCc2ccc3c(c2)OCO3)c1. The summed E-state index contributed by atoms with van der Waals surface area (Å²) in [5.74, 6) is 0.541. The van der Waals surface area contributed by atoms with E-state index in [-0.39, 0.29) is 24.9 Å². The summed E-state index contributed by atoms with van der Waals surface area (Å²) >= 11 is 0. The lowest BCUT2D eigenvalue weighted by Gasteiger charge is -2.09. The van der Waals surface area contributed by atoms with Crippen molar-refractivity contribution >= 4 is 11.9 Å². The summed E-state index contributed by atoms with van der Waals surface area (Å²) in [4.78, 5) is 28.4. The molecule has 1 aliphatic heterocycles. The molecule has 0 radical (unpaired) electrons. The van der Waals surface area contributed by atoms with Gasteiger partial charge < -0.3 is 19.5 Å². The van der Waals surface area contributed by atoms with Crippen molar-refractivity contribution in [1.82, 2.24) is 10.3 Å². The van der Waals surface area contributed by atoms with Gasteiger partial charge in [-0.15, -0.1) is 0 Å². The normalized spacial score (nSPS) is 11.9. The maximum atomic E-state index is 12.4. The molecule has 0 bridgehead atoms. The van der Waals surface area contributed by atoms with Crippen LogP contribution in [0.25, 0.3) is 0 Å². The first-order chi connectivity index (χ1) is 12.1. The highest BCUT2D eigenvalue weighted by atomic mass is 16.7. The van der Waals surface area contributed by atoms with Crippen molar-refractivity contribution in [2.45, 2.75) is 20.4 Å². The molecule has 0 unspecified atom stereocenters. The molecule has 2 heterocycles. The van der Waals surface area contributed by atoms with Crippen molar-refractivity contribution < 1.29 is 23.8 Å². The first-order valence-electron chi connectivity index (χ1n) is 7.89. The number of aromatic nitrogens is 1. The number of rotatable bonds is 5. The number of fused-ring (bicyclic) bond motifs is 1. The first-order valence-corrected chi connectivity index (χ1v) is 7.89. The van der Waals surface area contributed by atoms with Crippen molar-refractivity contribution in [3.8, 4) is 11.5 Å². The molecule has 7 heteroatoms. The van der Waals surface area contributed by atoms with Gasteiger partial charge in [0.25, 0.3) is 5.91 Å². The largest absolute Gasteiger partial charge is 0.462 e. The first kappa shape index (κ1) is 16.8. The molecule has 25 heavy (non-hydrogen) atoms. The zero-order chi connectivity index (χ0) is 17.8. The fraction of sp³-hybridized carbons (Fsp3) is 0.278. The van der Waals surface area contributed by atoms with E-state index in [2.05, 4.69) is 10.3 Å². The van der Waals surface area contributed by atoms with Crippen molar-refractivity contribution in [2.24, 2.45) is 0 Å². The highest BCUT2D eigenvalue weighted by Crippen LogP contribution is 2.32. The van der Waals surface area contributed by atoms with Crippen LogP contribution in [0.5, 0.6) is 11.5 Å². The van der Waals surface area contributed by atoms with E-state index in [1.165, 1.54) is 12.3 Å². The third kappa shape index (κ3) is 3.71. The molecule has 0 fully saturated rings. The van der Waals surface area contributed by atoms with Crippen LogP contribution in [0.3, 0.4) is 0 Å². The minimum atomic E-state index is -0.500. The Kier molecular flexibility index (Phi) is 4.83. The maximum Gasteiger partial charge on any atom is 0.339 e. The Hall–Kier alpha value is -3.09.